The predicted octanol–water partition coefficient (Wildman–Crippen LogP) is 8.12. The summed E-state index contributed by atoms with van der Waals surface area (Å²) < 4.78 is 0. The fourth-order valence-corrected chi connectivity index (χ4v) is 5.78. The van der Waals surface area contributed by atoms with Crippen molar-refractivity contribution < 1.29 is 25.2 Å². The van der Waals surface area contributed by atoms with E-state index >= 15 is 0 Å². The summed E-state index contributed by atoms with van der Waals surface area (Å²) in [6.07, 6.45) is 0. The molecule has 6 rings (SSSR count). The summed E-state index contributed by atoms with van der Waals surface area (Å²) in [5.41, 5.74) is 6.25. The topological polar surface area (TPSA) is 110 Å². The monoisotopic (exact) mass is 593 g/mol. The van der Waals surface area contributed by atoms with Crippen LogP contribution in [0, 0.1) is 0 Å². The van der Waals surface area contributed by atoms with Gasteiger partial charge in [-0.15, -0.1) is 0 Å². The van der Waals surface area contributed by atoms with Crippen LogP contribution in [0.25, 0.3) is 0 Å². The second-order valence-corrected chi connectivity index (χ2v) is 10.9. The van der Waals surface area contributed by atoms with E-state index in [-0.39, 0.29) is 40.7 Å². The van der Waals surface area contributed by atoms with E-state index in [0.717, 1.165) is 33.4 Å². The molecule has 0 fully saturated rings. The van der Waals surface area contributed by atoms with Crippen LogP contribution in [0.5, 0.6) is 23.0 Å². The maximum absolute atomic E-state index is 14.2. The summed E-state index contributed by atoms with van der Waals surface area (Å²) in [4.78, 5) is 14.2. The number of carbonyl (C=O) groups is 1. The molecule has 6 aromatic rings. The SMILES string of the molecule is O=C(Nc1ccccc1C(c1ccc(O)cc1)c1ccc(O)cc1)c1ccccc1C(c1ccc(O)cc1)c1ccc(O)cc1. The average Bonchev–Trinajstić information content (AvgIpc) is 3.06. The molecule has 0 saturated heterocycles. The smallest absolute Gasteiger partial charge is 0.255 e. The maximum Gasteiger partial charge on any atom is 0.255 e. The maximum atomic E-state index is 14.2. The molecule has 0 radical (unpaired) electrons. The molecule has 1 amide bonds. The molecule has 222 valence electrons. The van der Waals surface area contributed by atoms with Crippen LogP contribution in [0.4, 0.5) is 5.69 Å². The van der Waals surface area contributed by atoms with Crippen LogP contribution < -0.4 is 5.32 Å². The summed E-state index contributed by atoms with van der Waals surface area (Å²) in [5.74, 6) is -0.373. The Balaban J connectivity index is 1.42. The van der Waals surface area contributed by atoms with Crippen LogP contribution in [0.15, 0.2) is 146 Å². The first kappa shape index (κ1) is 29.1. The molecule has 0 aliphatic heterocycles. The van der Waals surface area contributed by atoms with E-state index in [2.05, 4.69) is 5.32 Å². The zero-order valence-corrected chi connectivity index (χ0v) is 24.2. The molecule has 0 aliphatic rings. The van der Waals surface area contributed by atoms with Gasteiger partial charge in [0.1, 0.15) is 23.0 Å². The van der Waals surface area contributed by atoms with Crippen molar-refractivity contribution >= 4 is 11.6 Å². The summed E-state index contributed by atoms with van der Waals surface area (Å²) >= 11 is 0. The van der Waals surface area contributed by atoms with Gasteiger partial charge in [-0.25, -0.2) is 0 Å². The molecule has 6 heteroatoms. The van der Waals surface area contributed by atoms with Crippen LogP contribution in [-0.2, 0) is 0 Å². The molecule has 0 bridgehead atoms. The molecule has 45 heavy (non-hydrogen) atoms. The second kappa shape index (κ2) is 12.7. The van der Waals surface area contributed by atoms with Gasteiger partial charge in [-0.1, -0.05) is 84.9 Å². The molecule has 0 saturated carbocycles. The van der Waals surface area contributed by atoms with Crippen LogP contribution in [0.3, 0.4) is 0 Å². The lowest BCUT2D eigenvalue weighted by Gasteiger charge is -2.24. The molecule has 0 heterocycles. The predicted molar refractivity (Wildman–Crippen MR) is 175 cm³/mol. The molecule has 0 spiro atoms. The summed E-state index contributed by atoms with van der Waals surface area (Å²) in [6.45, 7) is 0. The number of benzene rings is 6. The summed E-state index contributed by atoms with van der Waals surface area (Å²) in [7, 11) is 0. The lowest BCUT2D eigenvalue weighted by Crippen LogP contribution is -2.18. The number of phenolic OH excluding ortho intramolecular Hbond substituents is 4. The third-order valence-corrected chi connectivity index (χ3v) is 7.94. The molecule has 5 N–H and O–H groups in total. The number of phenols is 4. The standard InChI is InChI=1S/C39H31NO5/c41-29-17-9-25(10-18-29)37(26-11-19-30(42)20-12-26)33-5-1-2-6-34(33)39(45)40-36-8-4-3-7-35(36)38(27-13-21-31(43)22-14-27)28-15-23-32(44)24-16-28/h1-24,37-38,41-44H,(H,40,45). The first-order valence-corrected chi connectivity index (χ1v) is 14.5. The number of para-hydroxylation sites is 1. The molecular formula is C39H31NO5. The van der Waals surface area contributed by atoms with Crippen molar-refractivity contribution in [2.75, 3.05) is 5.32 Å². The average molecular weight is 594 g/mol. The van der Waals surface area contributed by atoms with Crippen molar-refractivity contribution in [2.45, 2.75) is 11.8 Å². The first-order valence-electron chi connectivity index (χ1n) is 14.5. The van der Waals surface area contributed by atoms with Crippen LogP contribution >= 0.6 is 0 Å². The van der Waals surface area contributed by atoms with E-state index in [1.165, 1.54) is 0 Å². The number of carbonyl (C=O) groups excluding carboxylic acids is 1. The second-order valence-electron chi connectivity index (χ2n) is 10.9. The molecule has 0 aromatic heterocycles. The Bertz CT molecular complexity index is 1830. The van der Waals surface area contributed by atoms with Crippen LogP contribution in [-0.4, -0.2) is 26.3 Å². The number of nitrogens with one attached hydrogen (secondary N) is 1. The fourth-order valence-electron chi connectivity index (χ4n) is 5.78. The van der Waals surface area contributed by atoms with Crippen molar-refractivity contribution in [2.24, 2.45) is 0 Å². The summed E-state index contributed by atoms with van der Waals surface area (Å²) in [6, 6.07) is 42.7. The third-order valence-electron chi connectivity index (χ3n) is 7.94. The van der Waals surface area contributed by atoms with E-state index < -0.39 is 0 Å². The molecule has 0 aliphatic carbocycles. The fraction of sp³-hybridized carbons (Fsp3) is 0.0513. The Labute approximate surface area is 261 Å². The van der Waals surface area contributed by atoms with Gasteiger partial charge in [-0.05, 0) is 94.0 Å². The number of rotatable bonds is 8. The van der Waals surface area contributed by atoms with Gasteiger partial charge in [0.2, 0.25) is 0 Å². The van der Waals surface area contributed by atoms with Gasteiger partial charge < -0.3 is 25.7 Å². The molecular weight excluding hydrogens is 562 g/mol. The van der Waals surface area contributed by atoms with Crippen molar-refractivity contribution in [3.05, 3.63) is 185 Å². The van der Waals surface area contributed by atoms with Crippen molar-refractivity contribution in [1.29, 1.82) is 0 Å². The number of aromatic hydroxyl groups is 4. The largest absolute Gasteiger partial charge is 0.508 e. The highest BCUT2D eigenvalue weighted by Crippen LogP contribution is 2.39. The highest BCUT2D eigenvalue weighted by atomic mass is 16.3. The highest BCUT2D eigenvalue weighted by molar-refractivity contribution is 6.06. The van der Waals surface area contributed by atoms with Crippen LogP contribution in [0.1, 0.15) is 55.6 Å². The Morgan fingerprint density at radius 1 is 0.422 bits per heavy atom. The van der Waals surface area contributed by atoms with Gasteiger partial charge in [-0.3, -0.25) is 4.79 Å². The van der Waals surface area contributed by atoms with E-state index in [0.29, 0.717) is 11.3 Å². The van der Waals surface area contributed by atoms with Crippen molar-refractivity contribution in [3.8, 4) is 23.0 Å². The third kappa shape index (κ3) is 6.36. The van der Waals surface area contributed by atoms with Crippen LogP contribution in [0.2, 0.25) is 0 Å². The van der Waals surface area contributed by atoms with E-state index in [1.54, 1.807) is 54.6 Å². The highest BCUT2D eigenvalue weighted by Gasteiger charge is 2.25. The molecule has 0 atom stereocenters. The zero-order valence-electron chi connectivity index (χ0n) is 24.2. The van der Waals surface area contributed by atoms with Gasteiger partial charge in [0.15, 0.2) is 0 Å². The van der Waals surface area contributed by atoms with Gasteiger partial charge in [-0.2, -0.15) is 0 Å². The quantitative estimate of drug-likeness (QED) is 0.115. The number of hydrogen-bond acceptors (Lipinski definition) is 5. The van der Waals surface area contributed by atoms with Gasteiger partial charge in [0.05, 0.1) is 0 Å². The normalized spacial score (nSPS) is 11.1. The summed E-state index contributed by atoms with van der Waals surface area (Å²) in [5, 5.41) is 43.0. The van der Waals surface area contributed by atoms with Gasteiger partial charge in [0.25, 0.3) is 5.91 Å². The van der Waals surface area contributed by atoms with Gasteiger partial charge in [0, 0.05) is 23.1 Å². The minimum absolute atomic E-state index is 0.141. The Morgan fingerprint density at radius 2 is 0.756 bits per heavy atom. The van der Waals surface area contributed by atoms with E-state index in [1.807, 2.05) is 91.0 Å². The first-order chi connectivity index (χ1) is 21.9. The van der Waals surface area contributed by atoms with Gasteiger partial charge >= 0.3 is 0 Å². The molecule has 6 nitrogen and oxygen atoms in total. The number of hydrogen-bond donors (Lipinski definition) is 5. The van der Waals surface area contributed by atoms with E-state index in [4.69, 9.17) is 0 Å². The molecule has 0 unspecified atom stereocenters. The number of anilines is 1. The Hall–Kier alpha value is -6.01. The van der Waals surface area contributed by atoms with Crippen molar-refractivity contribution in [1.82, 2.24) is 0 Å². The van der Waals surface area contributed by atoms with E-state index in [9.17, 15) is 25.2 Å². The molecule has 6 aromatic carbocycles. The van der Waals surface area contributed by atoms with Crippen molar-refractivity contribution in [3.63, 3.8) is 0 Å². The minimum Gasteiger partial charge on any atom is -0.508 e. The lowest BCUT2D eigenvalue weighted by molar-refractivity contribution is 0.102. The Kier molecular flexibility index (Phi) is 8.20. The number of amides is 1. The Morgan fingerprint density at radius 3 is 1.18 bits per heavy atom. The zero-order chi connectivity index (χ0) is 31.3. The lowest BCUT2D eigenvalue weighted by atomic mass is 9.82. The minimum atomic E-state index is -0.356.